The summed E-state index contributed by atoms with van der Waals surface area (Å²) < 4.78 is 0. The van der Waals surface area contributed by atoms with Crippen LogP contribution in [0.3, 0.4) is 0 Å². The molecule has 0 aliphatic heterocycles. The van der Waals surface area contributed by atoms with Crippen molar-refractivity contribution in [2.75, 3.05) is 0 Å². The fraction of sp³-hybridized carbons (Fsp3) is 0.538. The SMILES string of the molecule is CC(C)(C)c1ccc(Cl)c([Si](C)(C)C)c1. The Morgan fingerprint density at radius 3 is 2.00 bits per heavy atom. The molecule has 2 heteroatoms. The van der Waals surface area contributed by atoms with Crippen molar-refractivity contribution >= 4 is 24.9 Å². The molecule has 1 aromatic carbocycles. The highest BCUT2D eigenvalue weighted by atomic mass is 35.5. The summed E-state index contributed by atoms with van der Waals surface area (Å²) in [4.78, 5) is 0. The average molecular weight is 241 g/mol. The van der Waals surface area contributed by atoms with Crippen LogP contribution in [0.1, 0.15) is 26.3 Å². The van der Waals surface area contributed by atoms with Gasteiger partial charge in [0.05, 0.1) is 8.07 Å². The van der Waals surface area contributed by atoms with Gasteiger partial charge in [-0.05, 0) is 22.2 Å². The highest BCUT2D eigenvalue weighted by Crippen LogP contribution is 2.24. The summed E-state index contributed by atoms with van der Waals surface area (Å²) in [5, 5.41) is 2.30. The molecule has 0 nitrogen and oxygen atoms in total. The molecule has 15 heavy (non-hydrogen) atoms. The van der Waals surface area contributed by atoms with Crippen molar-refractivity contribution in [1.82, 2.24) is 0 Å². The van der Waals surface area contributed by atoms with Crippen LogP contribution in [0.4, 0.5) is 0 Å². The largest absolute Gasteiger partial charge is 0.0845 e. The van der Waals surface area contributed by atoms with Crippen molar-refractivity contribution in [1.29, 1.82) is 0 Å². The molecule has 0 heterocycles. The standard InChI is InChI=1S/C13H21ClSi/c1-13(2,3)10-7-8-11(14)12(9-10)15(4,5)6/h7-9H,1-6H3. The topological polar surface area (TPSA) is 0 Å². The Balaban J connectivity index is 3.30. The Morgan fingerprint density at radius 2 is 1.60 bits per heavy atom. The Hall–Kier alpha value is -0.273. The van der Waals surface area contributed by atoms with E-state index < -0.39 is 8.07 Å². The van der Waals surface area contributed by atoms with E-state index in [1.807, 2.05) is 0 Å². The van der Waals surface area contributed by atoms with Gasteiger partial charge >= 0.3 is 0 Å². The summed E-state index contributed by atoms with van der Waals surface area (Å²) in [6.07, 6.45) is 0. The van der Waals surface area contributed by atoms with Gasteiger partial charge in [0, 0.05) is 5.02 Å². The third-order valence-corrected chi connectivity index (χ3v) is 5.16. The van der Waals surface area contributed by atoms with Crippen molar-refractivity contribution < 1.29 is 0 Å². The average Bonchev–Trinajstić information content (AvgIpc) is 2.00. The minimum Gasteiger partial charge on any atom is -0.0845 e. The summed E-state index contributed by atoms with van der Waals surface area (Å²) in [5.74, 6) is 0. The molecule has 0 bridgehead atoms. The zero-order valence-corrected chi connectivity index (χ0v) is 12.4. The number of halogens is 1. The van der Waals surface area contributed by atoms with Gasteiger partial charge < -0.3 is 0 Å². The smallest absolute Gasteiger partial charge is 0.0795 e. The van der Waals surface area contributed by atoms with Crippen molar-refractivity contribution in [3.63, 3.8) is 0 Å². The second kappa shape index (κ2) is 3.95. The lowest BCUT2D eigenvalue weighted by Gasteiger charge is -2.24. The Labute approximate surface area is 99.7 Å². The minimum absolute atomic E-state index is 0.207. The van der Waals surface area contributed by atoms with Gasteiger partial charge in [-0.3, -0.25) is 0 Å². The molecule has 0 fully saturated rings. The molecule has 1 rings (SSSR count). The van der Waals surface area contributed by atoms with Gasteiger partial charge in [-0.25, -0.2) is 0 Å². The molecule has 0 spiro atoms. The third-order valence-electron chi connectivity index (χ3n) is 2.64. The maximum absolute atomic E-state index is 6.27. The molecule has 0 aromatic heterocycles. The van der Waals surface area contributed by atoms with E-state index in [1.54, 1.807) is 0 Å². The lowest BCUT2D eigenvalue weighted by molar-refractivity contribution is 0.591. The van der Waals surface area contributed by atoms with Crippen molar-refractivity contribution in [3.8, 4) is 0 Å². The molecular formula is C13H21ClSi. The Morgan fingerprint density at radius 1 is 1.07 bits per heavy atom. The second-order valence-electron chi connectivity index (χ2n) is 6.19. The lowest BCUT2D eigenvalue weighted by atomic mass is 9.87. The van der Waals surface area contributed by atoms with Crippen LogP contribution in [0, 0.1) is 0 Å². The predicted octanol–water partition coefficient (Wildman–Crippen LogP) is 4.18. The first-order chi connectivity index (χ1) is 6.62. The maximum atomic E-state index is 6.27. The van der Waals surface area contributed by atoms with Crippen LogP contribution in [0.5, 0.6) is 0 Å². The van der Waals surface area contributed by atoms with Gasteiger partial charge in [0.15, 0.2) is 0 Å². The van der Waals surface area contributed by atoms with E-state index in [1.165, 1.54) is 10.8 Å². The van der Waals surface area contributed by atoms with E-state index in [0.717, 1.165) is 5.02 Å². The van der Waals surface area contributed by atoms with E-state index in [-0.39, 0.29) is 5.41 Å². The number of hydrogen-bond acceptors (Lipinski definition) is 0. The fourth-order valence-electron chi connectivity index (χ4n) is 1.57. The van der Waals surface area contributed by atoms with Crippen LogP contribution >= 0.6 is 11.6 Å². The Bertz CT molecular complexity index is 356. The van der Waals surface area contributed by atoms with Gasteiger partial charge in [-0.1, -0.05) is 64.1 Å². The van der Waals surface area contributed by atoms with Gasteiger partial charge in [0.1, 0.15) is 0 Å². The molecule has 1 aromatic rings. The first-order valence-electron chi connectivity index (χ1n) is 5.43. The second-order valence-corrected chi connectivity index (χ2v) is 11.6. The monoisotopic (exact) mass is 240 g/mol. The summed E-state index contributed by atoms with van der Waals surface area (Å²) in [6, 6.07) is 6.50. The van der Waals surface area contributed by atoms with Crippen LogP contribution in [0.15, 0.2) is 18.2 Å². The van der Waals surface area contributed by atoms with Crippen LogP contribution in [0.25, 0.3) is 0 Å². The molecule has 0 N–H and O–H groups in total. The summed E-state index contributed by atoms with van der Waals surface area (Å²) in [7, 11) is -1.32. The van der Waals surface area contributed by atoms with Gasteiger partial charge in [0.25, 0.3) is 0 Å². The normalized spacial score (nSPS) is 13.0. The lowest BCUT2D eigenvalue weighted by Crippen LogP contribution is -2.39. The van der Waals surface area contributed by atoms with E-state index in [9.17, 15) is 0 Å². The molecule has 0 radical (unpaired) electrons. The number of rotatable bonds is 1. The van der Waals surface area contributed by atoms with Gasteiger partial charge in [-0.2, -0.15) is 0 Å². The number of benzene rings is 1. The van der Waals surface area contributed by atoms with E-state index >= 15 is 0 Å². The molecule has 84 valence electrons. The van der Waals surface area contributed by atoms with Crippen molar-refractivity contribution in [2.24, 2.45) is 0 Å². The van der Waals surface area contributed by atoms with Crippen LogP contribution < -0.4 is 5.19 Å². The van der Waals surface area contributed by atoms with E-state index in [2.05, 4.69) is 58.6 Å². The predicted molar refractivity (Wildman–Crippen MR) is 73.1 cm³/mol. The first-order valence-corrected chi connectivity index (χ1v) is 9.30. The molecule has 0 saturated carbocycles. The van der Waals surface area contributed by atoms with Gasteiger partial charge in [-0.15, -0.1) is 0 Å². The van der Waals surface area contributed by atoms with E-state index in [4.69, 9.17) is 11.6 Å². The molecule has 0 unspecified atom stereocenters. The molecule has 0 atom stereocenters. The quantitative estimate of drug-likeness (QED) is 0.646. The molecular weight excluding hydrogens is 220 g/mol. The van der Waals surface area contributed by atoms with Crippen LogP contribution in [0.2, 0.25) is 24.7 Å². The fourth-order valence-corrected chi connectivity index (χ4v) is 3.92. The molecule has 0 saturated heterocycles. The third kappa shape index (κ3) is 3.09. The molecule has 0 amide bonds. The Kier molecular flexibility index (Phi) is 3.37. The minimum atomic E-state index is -1.32. The van der Waals surface area contributed by atoms with Crippen molar-refractivity contribution in [2.45, 2.75) is 45.8 Å². The zero-order chi connectivity index (χ0) is 11.9. The highest BCUT2D eigenvalue weighted by molar-refractivity contribution is 6.90. The summed E-state index contributed by atoms with van der Waals surface area (Å²) >= 11 is 6.27. The zero-order valence-electron chi connectivity index (χ0n) is 10.6. The number of hydrogen-bond donors (Lipinski definition) is 0. The summed E-state index contributed by atoms with van der Waals surface area (Å²) in [5.41, 5.74) is 1.59. The van der Waals surface area contributed by atoms with Gasteiger partial charge in [0.2, 0.25) is 0 Å². The first kappa shape index (κ1) is 12.8. The maximum Gasteiger partial charge on any atom is 0.0795 e. The highest BCUT2D eigenvalue weighted by Gasteiger charge is 2.22. The molecule has 0 aliphatic carbocycles. The molecule has 0 aliphatic rings. The van der Waals surface area contributed by atoms with E-state index in [0.29, 0.717) is 0 Å². The van der Waals surface area contributed by atoms with Crippen LogP contribution in [-0.4, -0.2) is 8.07 Å². The summed E-state index contributed by atoms with van der Waals surface area (Å²) in [6.45, 7) is 13.7. The van der Waals surface area contributed by atoms with Crippen LogP contribution in [-0.2, 0) is 5.41 Å². The van der Waals surface area contributed by atoms with Crippen molar-refractivity contribution in [3.05, 3.63) is 28.8 Å².